The van der Waals surface area contributed by atoms with E-state index >= 15 is 0 Å². The predicted octanol–water partition coefficient (Wildman–Crippen LogP) is 12.2. The van der Waals surface area contributed by atoms with E-state index in [4.69, 9.17) is 8.83 Å². The van der Waals surface area contributed by atoms with Gasteiger partial charge in [-0.3, -0.25) is 5.32 Å². The number of para-hydroxylation sites is 1. The van der Waals surface area contributed by atoms with Gasteiger partial charge in [-0.1, -0.05) is 127 Å². The van der Waals surface area contributed by atoms with E-state index < -0.39 is 0 Å². The Morgan fingerprint density at radius 3 is 2.29 bits per heavy atom. The van der Waals surface area contributed by atoms with E-state index in [9.17, 15) is 0 Å². The summed E-state index contributed by atoms with van der Waals surface area (Å²) in [6.07, 6.45) is 11.2. The second-order valence-corrected chi connectivity index (χ2v) is 15.7. The molecule has 4 nitrogen and oxygen atoms in total. The Bertz CT molecular complexity index is 2820. The SMILES string of the molecule is CC12C=CC=CC1c1cccc(-c3cccc4oc5cc(C6C=C(c7ccccc7)NC(c7cccc8oc9ccccc9c78)N6)ccc5c34)c1S2. The van der Waals surface area contributed by atoms with Gasteiger partial charge < -0.3 is 14.2 Å². The predicted molar refractivity (Wildman–Crippen MR) is 214 cm³/mol. The van der Waals surface area contributed by atoms with Crippen LogP contribution in [-0.2, 0) is 0 Å². The molecule has 0 saturated heterocycles. The number of rotatable bonds is 4. The molecule has 250 valence electrons. The minimum absolute atomic E-state index is 0.0243. The summed E-state index contributed by atoms with van der Waals surface area (Å²) in [5, 5.41) is 12.3. The van der Waals surface area contributed by atoms with Crippen molar-refractivity contribution in [3.63, 3.8) is 0 Å². The third kappa shape index (κ3) is 4.52. The number of nitrogens with one attached hydrogen (secondary N) is 2. The van der Waals surface area contributed by atoms with E-state index in [0.29, 0.717) is 5.92 Å². The minimum Gasteiger partial charge on any atom is -0.456 e. The number of thioether (sulfide) groups is 1. The van der Waals surface area contributed by atoms with Gasteiger partial charge in [0.1, 0.15) is 28.5 Å². The quantitative estimate of drug-likeness (QED) is 0.192. The zero-order valence-corrected chi connectivity index (χ0v) is 29.3. The zero-order valence-electron chi connectivity index (χ0n) is 28.5. The highest BCUT2D eigenvalue weighted by Crippen LogP contribution is 2.58. The Morgan fingerprint density at radius 2 is 1.37 bits per heavy atom. The topological polar surface area (TPSA) is 50.3 Å². The number of hydrogen-bond acceptors (Lipinski definition) is 5. The van der Waals surface area contributed by atoms with Crippen molar-refractivity contribution in [2.45, 2.75) is 34.7 Å². The lowest BCUT2D eigenvalue weighted by molar-refractivity contribution is 0.445. The van der Waals surface area contributed by atoms with Gasteiger partial charge in [-0.25, -0.2) is 0 Å². The molecule has 2 aromatic heterocycles. The molecule has 0 fully saturated rings. The highest BCUT2D eigenvalue weighted by molar-refractivity contribution is 8.01. The molecule has 5 heteroatoms. The van der Waals surface area contributed by atoms with E-state index in [-0.39, 0.29) is 17.0 Å². The van der Waals surface area contributed by atoms with Crippen molar-refractivity contribution in [2.24, 2.45) is 0 Å². The van der Waals surface area contributed by atoms with Gasteiger partial charge in [0.25, 0.3) is 0 Å². The van der Waals surface area contributed by atoms with E-state index in [1.807, 2.05) is 23.9 Å². The van der Waals surface area contributed by atoms with Crippen LogP contribution in [0.3, 0.4) is 0 Å². The standard InChI is InChI=1S/C47H34N2O2S/c1-47-25-8-7-19-36(47)32-17-9-16-31(45(32)52-47)30-15-10-21-40-43(30)34-24-23-29(26-42(34)51-40)38-27-37(28-12-3-2-4-13-28)48-46(49-38)35-18-11-22-41-44(35)33-14-5-6-20-39(33)50-41/h2-27,36,38,46,48-49H,1H3. The van der Waals surface area contributed by atoms with Gasteiger partial charge in [0.15, 0.2) is 0 Å². The van der Waals surface area contributed by atoms with Crippen LogP contribution in [0.15, 0.2) is 172 Å². The van der Waals surface area contributed by atoms with Crippen LogP contribution in [0.4, 0.5) is 0 Å². The first-order chi connectivity index (χ1) is 25.6. The fraction of sp³-hybridized carbons (Fsp3) is 0.106. The van der Waals surface area contributed by atoms with Gasteiger partial charge in [-0.05, 0) is 65.1 Å². The van der Waals surface area contributed by atoms with Crippen molar-refractivity contribution in [3.05, 3.63) is 180 Å². The third-order valence-corrected chi connectivity index (χ3v) is 12.6. The van der Waals surface area contributed by atoms with E-state index in [0.717, 1.165) is 60.9 Å². The van der Waals surface area contributed by atoms with E-state index in [1.54, 1.807) is 0 Å². The van der Waals surface area contributed by atoms with Crippen molar-refractivity contribution < 1.29 is 8.83 Å². The fourth-order valence-electron chi connectivity index (χ4n) is 8.67. The highest BCUT2D eigenvalue weighted by atomic mass is 32.2. The first-order valence-electron chi connectivity index (χ1n) is 17.9. The van der Waals surface area contributed by atoms with Gasteiger partial charge in [0, 0.05) is 48.4 Å². The molecule has 2 aliphatic heterocycles. The molecule has 0 bridgehead atoms. The molecule has 4 heterocycles. The summed E-state index contributed by atoms with van der Waals surface area (Å²) >= 11 is 1.98. The molecule has 3 aliphatic rings. The Morgan fingerprint density at radius 1 is 0.635 bits per heavy atom. The Hall–Kier alpha value is -5.75. The van der Waals surface area contributed by atoms with Crippen LogP contribution in [0.5, 0.6) is 0 Å². The molecule has 2 N–H and O–H groups in total. The summed E-state index contributed by atoms with van der Waals surface area (Å²) in [7, 11) is 0. The van der Waals surface area contributed by atoms with Gasteiger partial charge in [-0.2, -0.15) is 0 Å². The first-order valence-corrected chi connectivity index (χ1v) is 18.8. The number of furan rings is 2. The van der Waals surface area contributed by atoms with E-state index in [2.05, 4.69) is 163 Å². The first kappa shape index (κ1) is 29.9. The molecular weight excluding hydrogens is 657 g/mol. The normalized spacial score (nSPS) is 22.2. The summed E-state index contributed by atoms with van der Waals surface area (Å²) < 4.78 is 13.0. The van der Waals surface area contributed by atoms with Crippen molar-refractivity contribution in [1.82, 2.24) is 10.6 Å². The summed E-state index contributed by atoms with van der Waals surface area (Å²) in [4.78, 5) is 1.37. The van der Waals surface area contributed by atoms with Crippen molar-refractivity contribution in [3.8, 4) is 11.1 Å². The van der Waals surface area contributed by atoms with Gasteiger partial charge in [0.2, 0.25) is 0 Å². The molecule has 4 atom stereocenters. The van der Waals surface area contributed by atoms with Gasteiger partial charge in [0.05, 0.1) is 6.04 Å². The molecule has 8 aromatic rings. The fourth-order valence-corrected chi connectivity index (χ4v) is 10.2. The molecule has 52 heavy (non-hydrogen) atoms. The minimum atomic E-state index is -0.166. The van der Waals surface area contributed by atoms with Crippen LogP contribution in [0.25, 0.3) is 60.7 Å². The third-order valence-electron chi connectivity index (χ3n) is 11.1. The lowest BCUT2D eigenvalue weighted by Gasteiger charge is -2.33. The van der Waals surface area contributed by atoms with Crippen LogP contribution in [0.2, 0.25) is 0 Å². The molecule has 0 radical (unpaired) electrons. The summed E-state index contributed by atoms with van der Waals surface area (Å²) in [6, 6.07) is 45.1. The molecule has 1 aliphatic carbocycles. The molecule has 4 unspecified atom stereocenters. The highest BCUT2D eigenvalue weighted by Gasteiger charge is 2.42. The lowest BCUT2D eigenvalue weighted by atomic mass is 9.83. The largest absolute Gasteiger partial charge is 0.456 e. The van der Waals surface area contributed by atoms with Crippen LogP contribution in [0.1, 0.15) is 47.3 Å². The van der Waals surface area contributed by atoms with Crippen LogP contribution in [0, 0.1) is 0 Å². The maximum atomic E-state index is 6.69. The summed E-state index contributed by atoms with van der Waals surface area (Å²) in [6.45, 7) is 2.36. The molecule has 0 spiro atoms. The molecule has 6 aromatic carbocycles. The van der Waals surface area contributed by atoms with Gasteiger partial charge in [-0.15, -0.1) is 11.8 Å². The maximum absolute atomic E-state index is 6.69. The van der Waals surface area contributed by atoms with Crippen LogP contribution >= 0.6 is 11.8 Å². The number of hydrogen-bond donors (Lipinski definition) is 2. The molecular formula is C47H34N2O2S. The van der Waals surface area contributed by atoms with E-state index in [1.165, 1.54) is 27.0 Å². The summed E-state index contributed by atoms with van der Waals surface area (Å²) in [5.41, 5.74) is 12.0. The second kappa shape index (κ2) is 11.4. The average molecular weight is 691 g/mol. The summed E-state index contributed by atoms with van der Waals surface area (Å²) in [5.74, 6) is 0.370. The Balaban J connectivity index is 1.03. The number of allylic oxidation sites excluding steroid dienone is 3. The number of fused-ring (bicyclic) bond motifs is 9. The smallest absolute Gasteiger partial charge is 0.136 e. The zero-order chi connectivity index (χ0) is 34.4. The molecule has 0 saturated carbocycles. The second-order valence-electron chi connectivity index (χ2n) is 14.3. The lowest BCUT2D eigenvalue weighted by Crippen LogP contribution is -2.39. The van der Waals surface area contributed by atoms with Crippen molar-refractivity contribution in [1.29, 1.82) is 0 Å². The molecule has 11 rings (SSSR count). The van der Waals surface area contributed by atoms with Crippen molar-refractivity contribution in [2.75, 3.05) is 0 Å². The van der Waals surface area contributed by atoms with Gasteiger partial charge >= 0.3 is 0 Å². The molecule has 0 amide bonds. The van der Waals surface area contributed by atoms with Crippen LogP contribution in [-0.4, -0.2) is 4.75 Å². The average Bonchev–Trinajstić information content (AvgIpc) is 3.86. The monoisotopic (exact) mass is 690 g/mol. The number of benzene rings is 6. The van der Waals surface area contributed by atoms with Crippen molar-refractivity contribution >= 4 is 61.3 Å². The Kier molecular flexibility index (Phi) is 6.55. The Labute approximate surface area is 305 Å². The maximum Gasteiger partial charge on any atom is 0.136 e. The van der Waals surface area contributed by atoms with Crippen LogP contribution < -0.4 is 10.6 Å².